The van der Waals surface area contributed by atoms with Crippen LogP contribution in [0.4, 0.5) is 5.82 Å². The molecule has 2 heterocycles. The molecule has 0 aromatic carbocycles. The van der Waals surface area contributed by atoms with Crippen LogP contribution < -0.4 is 10.0 Å². The van der Waals surface area contributed by atoms with Crippen molar-refractivity contribution < 1.29 is 8.42 Å². The molecular weight excluding hydrogens is 390 g/mol. The summed E-state index contributed by atoms with van der Waals surface area (Å²) in [5, 5.41) is 3.09. The first kappa shape index (κ1) is 14.1. The molecule has 18 heavy (non-hydrogen) atoms. The van der Waals surface area contributed by atoms with E-state index in [4.69, 9.17) is 0 Å². The summed E-state index contributed by atoms with van der Waals surface area (Å²) in [6.07, 6.45) is 1.43. The summed E-state index contributed by atoms with van der Waals surface area (Å²) in [6, 6.07) is 0. The molecule has 100 valence electrons. The summed E-state index contributed by atoms with van der Waals surface area (Å²) in [5.74, 6) is 0.178. The molecule has 2 rings (SSSR count). The van der Waals surface area contributed by atoms with Gasteiger partial charge in [-0.15, -0.1) is 0 Å². The lowest BCUT2D eigenvalue weighted by Gasteiger charge is -2.26. The Morgan fingerprint density at radius 2 is 2.00 bits per heavy atom. The van der Waals surface area contributed by atoms with Gasteiger partial charge in [-0.3, -0.25) is 4.72 Å². The molecule has 0 atom stereocenters. The fourth-order valence-electron chi connectivity index (χ4n) is 1.49. The van der Waals surface area contributed by atoms with Gasteiger partial charge in [0, 0.05) is 26.2 Å². The van der Waals surface area contributed by atoms with Crippen LogP contribution in [0, 0.1) is 0 Å². The van der Waals surface area contributed by atoms with Crippen LogP contribution in [0.25, 0.3) is 0 Å². The van der Waals surface area contributed by atoms with Gasteiger partial charge < -0.3 is 5.32 Å². The van der Waals surface area contributed by atoms with E-state index in [1.54, 1.807) is 0 Å². The predicted octanol–water partition coefficient (Wildman–Crippen LogP) is 0.563. The van der Waals surface area contributed by atoms with Crippen LogP contribution in [0.1, 0.15) is 0 Å². The van der Waals surface area contributed by atoms with Crippen molar-refractivity contribution in [1.82, 2.24) is 19.6 Å². The number of nitrogens with one attached hydrogen (secondary N) is 2. The average Bonchev–Trinajstić information content (AvgIpc) is 2.34. The maximum absolute atomic E-state index is 12.1. The number of halogens is 2. The van der Waals surface area contributed by atoms with E-state index in [0.717, 1.165) is 0 Å². The zero-order valence-corrected chi connectivity index (χ0v) is 13.2. The molecule has 1 aromatic heterocycles. The summed E-state index contributed by atoms with van der Waals surface area (Å²) >= 11 is 6.32. The first-order chi connectivity index (χ1) is 8.49. The van der Waals surface area contributed by atoms with Gasteiger partial charge in [0.15, 0.2) is 10.4 Å². The molecule has 1 fully saturated rings. The second-order valence-corrected chi connectivity index (χ2v) is 6.82. The highest BCUT2D eigenvalue weighted by molar-refractivity contribution is 9.11. The van der Waals surface area contributed by atoms with Crippen LogP contribution in [0.3, 0.4) is 0 Å². The Morgan fingerprint density at radius 3 is 2.61 bits per heavy atom. The second-order valence-electron chi connectivity index (χ2n) is 3.59. The first-order valence-electron chi connectivity index (χ1n) is 5.16. The van der Waals surface area contributed by atoms with Crippen molar-refractivity contribution in [2.45, 2.75) is 0 Å². The van der Waals surface area contributed by atoms with Crippen LogP contribution in [-0.2, 0) is 10.2 Å². The van der Waals surface area contributed by atoms with Crippen LogP contribution in [0.5, 0.6) is 0 Å². The Hall–Kier alpha value is -0.290. The normalized spacial score (nSPS) is 17.7. The quantitative estimate of drug-likeness (QED) is 0.774. The molecule has 0 spiro atoms. The van der Waals surface area contributed by atoms with Gasteiger partial charge in [0.2, 0.25) is 0 Å². The number of piperazine rings is 1. The highest BCUT2D eigenvalue weighted by Crippen LogP contribution is 2.21. The van der Waals surface area contributed by atoms with Gasteiger partial charge in [0.25, 0.3) is 0 Å². The summed E-state index contributed by atoms with van der Waals surface area (Å²) in [5.41, 5.74) is 0. The summed E-state index contributed by atoms with van der Waals surface area (Å²) in [4.78, 5) is 7.98. The number of hydrogen-bond acceptors (Lipinski definition) is 5. The van der Waals surface area contributed by atoms with Crippen LogP contribution in [-0.4, -0.2) is 48.9 Å². The van der Waals surface area contributed by atoms with Crippen LogP contribution in [0.2, 0.25) is 0 Å². The summed E-state index contributed by atoms with van der Waals surface area (Å²) < 4.78 is 28.8. The predicted molar refractivity (Wildman–Crippen MR) is 74.4 cm³/mol. The monoisotopic (exact) mass is 399 g/mol. The molecule has 1 aliphatic rings. The van der Waals surface area contributed by atoms with Crippen molar-refractivity contribution in [3.8, 4) is 0 Å². The number of hydrogen-bond donors (Lipinski definition) is 2. The molecule has 0 radical (unpaired) electrons. The van der Waals surface area contributed by atoms with Crippen molar-refractivity contribution >= 4 is 47.9 Å². The zero-order chi connectivity index (χ0) is 13.2. The third-order valence-electron chi connectivity index (χ3n) is 2.34. The highest BCUT2D eigenvalue weighted by Gasteiger charge is 2.24. The minimum atomic E-state index is -3.58. The number of anilines is 1. The molecule has 0 amide bonds. The fourth-order valence-corrected chi connectivity index (χ4v) is 3.71. The largest absolute Gasteiger partial charge is 0.314 e. The van der Waals surface area contributed by atoms with Crippen LogP contribution >= 0.6 is 31.9 Å². The van der Waals surface area contributed by atoms with Crippen molar-refractivity contribution in [1.29, 1.82) is 0 Å². The van der Waals surface area contributed by atoms with Gasteiger partial charge in [0.1, 0.15) is 4.60 Å². The molecular formula is C8H11Br2N5O2S. The molecule has 0 bridgehead atoms. The first-order valence-corrected chi connectivity index (χ1v) is 8.18. The van der Waals surface area contributed by atoms with E-state index in [-0.39, 0.29) is 5.82 Å². The van der Waals surface area contributed by atoms with E-state index in [1.807, 2.05) is 0 Å². The number of aromatic nitrogens is 2. The Morgan fingerprint density at radius 1 is 1.33 bits per heavy atom. The van der Waals surface area contributed by atoms with Crippen molar-refractivity contribution in [3.63, 3.8) is 0 Å². The van der Waals surface area contributed by atoms with E-state index >= 15 is 0 Å². The molecule has 2 N–H and O–H groups in total. The van der Waals surface area contributed by atoms with E-state index in [2.05, 4.69) is 51.9 Å². The van der Waals surface area contributed by atoms with E-state index in [1.165, 1.54) is 10.5 Å². The standard InChI is InChI=1S/C8H11Br2N5O2S/c9-6-5-12-8(7(10)13-6)14-18(16,17)15-3-1-11-2-4-15/h5,11H,1-4H2,(H,12,14). The number of nitrogens with zero attached hydrogens (tertiary/aromatic N) is 3. The van der Waals surface area contributed by atoms with Crippen molar-refractivity contribution in [2.24, 2.45) is 0 Å². The molecule has 0 aliphatic carbocycles. The Labute approximate surface area is 122 Å². The molecule has 10 heteroatoms. The van der Waals surface area contributed by atoms with Gasteiger partial charge in [0.05, 0.1) is 6.20 Å². The van der Waals surface area contributed by atoms with E-state index in [0.29, 0.717) is 35.4 Å². The molecule has 7 nitrogen and oxygen atoms in total. The third kappa shape index (κ3) is 3.38. The zero-order valence-electron chi connectivity index (χ0n) is 9.23. The molecule has 1 saturated heterocycles. The molecule has 1 aliphatic heterocycles. The van der Waals surface area contributed by atoms with Gasteiger partial charge in [-0.2, -0.15) is 12.7 Å². The Bertz CT molecular complexity index is 532. The minimum Gasteiger partial charge on any atom is -0.314 e. The summed E-state index contributed by atoms with van der Waals surface area (Å²) in [7, 11) is -3.58. The number of rotatable bonds is 3. The fraction of sp³-hybridized carbons (Fsp3) is 0.500. The molecule has 0 unspecified atom stereocenters. The van der Waals surface area contributed by atoms with Gasteiger partial charge in [-0.25, -0.2) is 9.97 Å². The topological polar surface area (TPSA) is 87.2 Å². The van der Waals surface area contributed by atoms with Crippen molar-refractivity contribution in [3.05, 3.63) is 15.4 Å². The van der Waals surface area contributed by atoms with E-state index < -0.39 is 10.2 Å². The second kappa shape index (κ2) is 5.78. The van der Waals surface area contributed by atoms with Crippen molar-refractivity contribution in [2.75, 3.05) is 30.9 Å². The van der Waals surface area contributed by atoms with E-state index in [9.17, 15) is 8.42 Å². The molecule has 0 saturated carbocycles. The summed E-state index contributed by atoms with van der Waals surface area (Å²) in [6.45, 7) is 2.18. The lowest BCUT2D eigenvalue weighted by molar-refractivity contribution is 0.362. The SMILES string of the molecule is O=S(=O)(Nc1ncc(Br)nc1Br)N1CCNCC1. The average molecular weight is 401 g/mol. The Balaban J connectivity index is 2.16. The lowest BCUT2D eigenvalue weighted by Crippen LogP contribution is -2.48. The minimum absolute atomic E-state index is 0.178. The molecule has 1 aromatic rings. The maximum Gasteiger partial charge on any atom is 0.302 e. The van der Waals surface area contributed by atoms with Crippen LogP contribution in [0.15, 0.2) is 15.4 Å². The maximum atomic E-state index is 12.1. The lowest BCUT2D eigenvalue weighted by atomic mass is 10.4. The Kier molecular flexibility index (Phi) is 4.54. The highest BCUT2D eigenvalue weighted by atomic mass is 79.9. The van der Waals surface area contributed by atoms with Gasteiger partial charge >= 0.3 is 10.2 Å². The smallest absolute Gasteiger partial charge is 0.302 e. The third-order valence-corrected chi connectivity index (χ3v) is 4.77. The van der Waals surface area contributed by atoms with Gasteiger partial charge in [-0.05, 0) is 31.9 Å². The van der Waals surface area contributed by atoms with Gasteiger partial charge in [-0.1, -0.05) is 0 Å².